The van der Waals surface area contributed by atoms with Gasteiger partial charge in [0.05, 0.1) is 11.1 Å². The van der Waals surface area contributed by atoms with Crippen molar-refractivity contribution in [3.63, 3.8) is 0 Å². The number of H-pyrrole nitrogens is 1. The van der Waals surface area contributed by atoms with Crippen LogP contribution >= 0.6 is 0 Å². The van der Waals surface area contributed by atoms with Gasteiger partial charge in [-0.05, 0) is 11.6 Å². The summed E-state index contributed by atoms with van der Waals surface area (Å²) in [4.78, 5) is 8.52. The molecule has 1 N–H and O–H groups in total. The number of benzene rings is 1. The molecule has 2 aromatic heterocycles. The van der Waals surface area contributed by atoms with E-state index in [9.17, 15) is 0 Å². The molecule has 1 aromatic carbocycles. The third-order valence-corrected chi connectivity index (χ3v) is 4.31. The topological polar surface area (TPSA) is 78.2 Å². The lowest BCUT2D eigenvalue weighted by Crippen LogP contribution is -2.31. The summed E-state index contributed by atoms with van der Waals surface area (Å²) in [5.74, 6) is 0. The number of nitrogens with zero attached hydrogens (tertiary/aromatic N) is 4. The van der Waals surface area contributed by atoms with Crippen LogP contribution in [0.1, 0.15) is 28.2 Å². The highest BCUT2D eigenvalue weighted by Gasteiger charge is 2.37. The molecule has 5 heteroatoms. The number of hydrogen-bond donors (Lipinski definition) is 1. The van der Waals surface area contributed by atoms with Gasteiger partial charge >= 0.3 is 0 Å². The van der Waals surface area contributed by atoms with Crippen LogP contribution in [0.4, 0.5) is 0 Å². The Bertz CT molecular complexity index is 864. The average Bonchev–Trinajstić information content (AvgIpc) is 3.05. The van der Waals surface area contributed by atoms with Crippen molar-refractivity contribution in [2.75, 3.05) is 0 Å². The Morgan fingerprint density at radius 1 is 1.17 bits per heavy atom. The fourth-order valence-electron chi connectivity index (χ4n) is 3.16. The van der Waals surface area contributed by atoms with Crippen LogP contribution in [0.15, 0.2) is 55.0 Å². The summed E-state index contributed by atoms with van der Waals surface area (Å²) in [6.07, 6.45) is 8.08. The Morgan fingerprint density at radius 2 is 2.04 bits per heavy atom. The molecule has 0 bridgehead atoms. The molecule has 1 aliphatic carbocycles. The van der Waals surface area contributed by atoms with Gasteiger partial charge in [-0.1, -0.05) is 42.5 Å². The largest absolute Gasteiger partial charge is 0.281 e. The summed E-state index contributed by atoms with van der Waals surface area (Å²) in [6.45, 7) is 0. The van der Waals surface area contributed by atoms with Crippen LogP contribution < -0.4 is 0 Å². The summed E-state index contributed by atoms with van der Waals surface area (Å²) in [6, 6.07) is 14.3. The summed E-state index contributed by atoms with van der Waals surface area (Å²) in [5.41, 5.74) is 3.93. The molecule has 0 saturated heterocycles. The summed E-state index contributed by atoms with van der Waals surface area (Å²) in [5, 5.41) is 16.3. The maximum absolute atomic E-state index is 9.16. The van der Waals surface area contributed by atoms with Crippen LogP contribution in [0.25, 0.3) is 6.08 Å². The number of nitriles is 1. The van der Waals surface area contributed by atoms with E-state index in [0.717, 1.165) is 22.5 Å². The molecule has 0 spiro atoms. The standard InChI is InChI=1S/C18H13N5/c19-11-16-14-6-8-18(10-15(14)22-23-16,13-4-2-1-3-5-13)17-7-9-20-12-21-17/h1-9,12H,10H2,(H,22,23). The third-order valence-electron chi connectivity index (χ3n) is 4.31. The predicted molar refractivity (Wildman–Crippen MR) is 85.3 cm³/mol. The smallest absolute Gasteiger partial charge is 0.169 e. The van der Waals surface area contributed by atoms with E-state index in [-0.39, 0.29) is 0 Å². The molecule has 0 radical (unpaired) electrons. The van der Waals surface area contributed by atoms with Crippen molar-refractivity contribution in [2.45, 2.75) is 11.8 Å². The molecule has 0 amide bonds. The van der Waals surface area contributed by atoms with Crippen molar-refractivity contribution in [2.24, 2.45) is 0 Å². The van der Waals surface area contributed by atoms with Crippen LogP contribution in [-0.2, 0) is 11.8 Å². The Kier molecular flexibility index (Phi) is 3.02. The second-order valence-electron chi connectivity index (χ2n) is 5.52. The molecule has 1 atom stereocenters. The Morgan fingerprint density at radius 3 is 2.78 bits per heavy atom. The van der Waals surface area contributed by atoms with Crippen LogP contribution in [0, 0.1) is 11.3 Å². The Balaban J connectivity index is 1.92. The van der Waals surface area contributed by atoms with Crippen molar-refractivity contribution in [1.82, 2.24) is 20.2 Å². The highest BCUT2D eigenvalue weighted by atomic mass is 15.1. The molecular weight excluding hydrogens is 286 g/mol. The number of fused-ring (bicyclic) bond motifs is 1. The fourth-order valence-corrected chi connectivity index (χ4v) is 3.16. The monoisotopic (exact) mass is 299 g/mol. The van der Waals surface area contributed by atoms with Gasteiger partial charge in [0.2, 0.25) is 0 Å². The van der Waals surface area contributed by atoms with Crippen LogP contribution in [0.5, 0.6) is 0 Å². The van der Waals surface area contributed by atoms with Crippen LogP contribution in [0.2, 0.25) is 0 Å². The number of nitrogens with one attached hydrogen (secondary N) is 1. The lowest BCUT2D eigenvalue weighted by Gasteiger charge is -2.33. The highest BCUT2D eigenvalue weighted by Crippen LogP contribution is 2.40. The van der Waals surface area contributed by atoms with Crippen molar-refractivity contribution in [1.29, 1.82) is 5.26 Å². The number of allylic oxidation sites excluding steroid dienone is 1. The quantitative estimate of drug-likeness (QED) is 0.789. The number of aromatic nitrogens is 4. The first-order valence-electron chi connectivity index (χ1n) is 7.32. The van der Waals surface area contributed by atoms with E-state index in [2.05, 4.69) is 44.4 Å². The molecule has 0 saturated carbocycles. The van der Waals surface area contributed by atoms with Gasteiger partial charge in [0.15, 0.2) is 5.69 Å². The summed E-state index contributed by atoms with van der Waals surface area (Å²) >= 11 is 0. The zero-order valence-corrected chi connectivity index (χ0v) is 12.3. The minimum Gasteiger partial charge on any atom is -0.281 e. The lowest BCUT2D eigenvalue weighted by atomic mass is 9.70. The first kappa shape index (κ1) is 13.4. The SMILES string of the molecule is N#Cc1n[nH]c2c1C=CC(c1ccccc1)(c1ccncn1)C2. The van der Waals surface area contributed by atoms with E-state index < -0.39 is 5.41 Å². The molecule has 3 aromatic rings. The molecule has 0 fully saturated rings. The molecular formula is C18H13N5. The van der Waals surface area contributed by atoms with Gasteiger partial charge in [0.25, 0.3) is 0 Å². The van der Waals surface area contributed by atoms with Crippen molar-refractivity contribution in [3.8, 4) is 6.07 Å². The predicted octanol–water partition coefficient (Wildman–Crippen LogP) is 2.63. The van der Waals surface area contributed by atoms with E-state index in [0.29, 0.717) is 12.1 Å². The molecule has 2 heterocycles. The molecule has 110 valence electrons. The van der Waals surface area contributed by atoms with E-state index in [1.807, 2.05) is 30.3 Å². The van der Waals surface area contributed by atoms with E-state index in [1.165, 1.54) is 0 Å². The average molecular weight is 299 g/mol. The molecule has 0 aliphatic heterocycles. The third kappa shape index (κ3) is 2.04. The van der Waals surface area contributed by atoms with Gasteiger partial charge in [-0.3, -0.25) is 5.10 Å². The van der Waals surface area contributed by atoms with E-state index in [1.54, 1.807) is 12.5 Å². The van der Waals surface area contributed by atoms with Gasteiger partial charge in [-0.15, -0.1) is 0 Å². The zero-order chi connectivity index (χ0) is 15.7. The Labute approximate surface area is 133 Å². The molecule has 1 unspecified atom stereocenters. The Hall–Kier alpha value is -3.26. The number of rotatable bonds is 2. The molecule has 23 heavy (non-hydrogen) atoms. The maximum atomic E-state index is 9.16. The normalized spacial score (nSPS) is 19.1. The van der Waals surface area contributed by atoms with E-state index >= 15 is 0 Å². The second-order valence-corrected chi connectivity index (χ2v) is 5.52. The first-order chi connectivity index (χ1) is 11.3. The second kappa shape index (κ2) is 5.18. The molecule has 4 rings (SSSR count). The van der Waals surface area contributed by atoms with E-state index in [4.69, 9.17) is 5.26 Å². The van der Waals surface area contributed by atoms with Crippen LogP contribution in [0.3, 0.4) is 0 Å². The van der Waals surface area contributed by atoms with Crippen molar-refractivity contribution in [3.05, 3.63) is 83.2 Å². The first-order valence-corrected chi connectivity index (χ1v) is 7.32. The van der Waals surface area contributed by atoms with Crippen molar-refractivity contribution >= 4 is 6.08 Å². The minimum absolute atomic E-state index is 0.392. The maximum Gasteiger partial charge on any atom is 0.169 e. The fraction of sp³-hybridized carbons (Fsp3) is 0.111. The van der Waals surface area contributed by atoms with Gasteiger partial charge in [0.1, 0.15) is 12.4 Å². The number of aromatic amines is 1. The van der Waals surface area contributed by atoms with Gasteiger partial charge in [0, 0.05) is 23.9 Å². The highest BCUT2D eigenvalue weighted by molar-refractivity contribution is 5.65. The summed E-state index contributed by atoms with van der Waals surface area (Å²) in [7, 11) is 0. The molecule has 5 nitrogen and oxygen atoms in total. The summed E-state index contributed by atoms with van der Waals surface area (Å²) < 4.78 is 0. The zero-order valence-electron chi connectivity index (χ0n) is 12.3. The van der Waals surface area contributed by atoms with Gasteiger partial charge in [-0.2, -0.15) is 10.4 Å². The van der Waals surface area contributed by atoms with Gasteiger partial charge in [-0.25, -0.2) is 9.97 Å². The van der Waals surface area contributed by atoms with Crippen molar-refractivity contribution < 1.29 is 0 Å². The lowest BCUT2D eigenvalue weighted by molar-refractivity contribution is 0.598. The molecule has 1 aliphatic rings. The minimum atomic E-state index is -0.392. The van der Waals surface area contributed by atoms with Crippen LogP contribution in [-0.4, -0.2) is 20.2 Å². The number of hydrogen-bond acceptors (Lipinski definition) is 4. The van der Waals surface area contributed by atoms with Gasteiger partial charge < -0.3 is 0 Å².